The highest BCUT2D eigenvalue weighted by Crippen LogP contribution is 2.31. The molecule has 1 rings (SSSR count). The maximum atomic E-state index is 5.76. The first-order valence-corrected chi connectivity index (χ1v) is 6.02. The van der Waals surface area contributed by atoms with E-state index in [4.69, 9.17) is 15.2 Å². The summed E-state index contributed by atoms with van der Waals surface area (Å²) in [4.78, 5) is 0. The number of nitrogens with two attached hydrogens (primary N) is 1. The highest BCUT2D eigenvalue weighted by atomic mass is 16.5. The minimum atomic E-state index is 0.605. The molecule has 0 unspecified atom stereocenters. The standard InChI is InChI=1S/C14H21NO2/c1-3-5-11-17-14-12(9-10-15)7-6-8-13(14)16-4-2/h3,6-8H,1,4-5,9-11,15H2,2H3. The van der Waals surface area contributed by atoms with E-state index >= 15 is 0 Å². The Morgan fingerprint density at radius 2 is 2.18 bits per heavy atom. The van der Waals surface area contributed by atoms with Crippen molar-refractivity contribution in [3.8, 4) is 11.5 Å². The molecule has 94 valence electrons. The lowest BCUT2D eigenvalue weighted by Crippen LogP contribution is -2.07. The van der Waals surface area contributed by atoms with Crippen LogP contribution in [-0.4, -0.2) is 19.8 Å². The first kappa shape index (κ1) is 13.6. The van der Waals surface area contributed by atoms with Gasteiger partial charge in [0.25, 0.3) is 0 Å². The Bertz CT molecular complexity index is 326. The third-order valence-electron chi connectivity index (χ3n) is 2.34. The van der Waals surface area contributed by atoms with E-state index < -0.39 is 0 Å². The van der Waals surface area contributed by atoms with Gasteiger partial charge in [-0.05, 0) is 37.9 Å². The summed E-state index contributed by atoms with van der Waals surface area (Å²) in [7, 11) is 0. The van der Waals surface area contributed by atoms with Gasteiger partial charge in [0.1, 0.15) is 0 Å². The molecule has 0 bridgehead atoms. The monoisotopic (exact) mass is 235 g/mol. The number of hydrogen-bond acceptors (Lipinski definition) is 3. The summed E-state index contributed by atoms with van der Waals surface area (Å²) in [6.07, 6.45) is 3.46. The van der Waals surface area contributed by atoms with E-state index in [-0.39, 0.29) is 0 Å². The average Bonchev–Trinajstić information content (AvgIpc) is 2.33. The van der Waals surface area contributed by atoms with Crippen molar-refractivity contribution in [2.75, 3.05) is 19.8 Å². The lowest BCUT2D eigenvalue weighted by Gasteiger charge is -2.15. The van der Waals surface area contributed by atoms with Crippen molar-refractivity contribution in [3.05, 3.63) is 36.4 Å². The lowest BCUT2D eigenvalue weighted by atomic mass is 10.1. The molecule has 0 heterocycles. The van der Waals surface area contributed by atoms with Crippen LogP contribution in [0.1, 0.15) is 18.9 Å². The molecule has 2 N–H and O–H groups in total. The summed E-state index contributed by atoms with van der Waals surface area (Å²) in [5, 5.41) is 0. The van der Waals surface area contributed by atoms with Crippen LogP contribution in [0.5, 0.6) is 11.5 Å². The average molecular weight is 235 g/mol. The molecule has 3 nitrogen and oxygen atoms in total. The summed E-state index contributed by atoms with van der Waals surface area (Å²) in [6.45, 7) is 7.49. The molecule has 17 heavy (non-hydrogen) atoms. The van der Waals surface area contributed by atoms with Crippen LogP contribution in [-0.2, 0) is 6.42 Å². The van der Waals surface area contributed by atoms with Crippen LogP contribution in [0.3, 0.4) is 0 Å². The minimum absolute atomic E-state index is 0.605. The second kappa shape index (κ2) is 7.74. The Balaban J connectivity index is 2.87. The highest BCUT2D eigenvalue weighted by Gasteiger charge is 2.09. The highest BCUT2D eigenvalue weighted by molar-refractivity contribution is 5.46. The molecule has 0 amide bonds. The van der Waals surface area contributed by atoms with Crippen LogP contribution in [0.15, 0.2) is 30.9 Å². The molecule has 0 saturated heterocycles. The van der Waals surface area contributed by atoms with Crippen molar-refractivity contribution in [1.82, 2.24) is 0 Å². The van der Waals surface area contributed by atoms with Gasteiger partial charge in [0.05, 0.1) is 13.2 Å². The van der Waals surface area contributed by atoms with Gasteiger partial charge in [-0.3, -0.25) is 0 Å². The smallest absolute Gasteiger partial charge is 0.164 e. The first-order chi connectivity index (χ1) is 8.33. The van der Waals surface area contributed by atoms with E-state index in [2.05, 4.69) is 6.58 Å². The molecule has 1 aromatic rings. The Kier molecular flexibility index (Phi) is 6.18. The molecular weight excluding hydrogens is 214 g/mol. The zero-order valence-corrected chi connectivity index (χ0v) is 10.4. The molecule has 0 spiro atoms. The quantitative estimate of drug-likeness (QED) is 0.556. The van der Waals surface area contributed by atoms with E-state index in [0.717, 1.165) is 29.9 Å². The summed E-state index contributed by atoms with van der Waals surface area (Å²) < 4.78 is 11.3. The normalized spacial score (nSPS) is 10.0. The van der Waals surface area contributed by atoms with E-state index in [1.165, 1.54) is 0 Å². The summed E-state index contributed by atoms with van der Waals surface area (Å²) >= 11 is 0. The van der Waals surface area contributed by atoms with Gasteiger partial charge in [-0.25, -0.2) is 0 Å². The maximum absolute atomic E-state index is 5.76. The van der Waals surface area contributed by atoms with Crippen LogP contribution in [0.2, 0.25) is 0 Å². The zero-order chi connectivity index (χ0) is 12.5. The summed E-state index contributed by atoms with van der Waals surface area (Å²) in [6, 6.07) is 5.92. The van der Waals surface area contributed by atoms with Crippen LogP contribution >= 0.6 is 0 Å². The zero-order valence-electron chi connectivity index (χ0n) is 10.4. The molecule has 0 radical (unpaired) electrons. The van der Waals surface area contributed by atoms with E-state index in [1.807, 2.05) is 31.2 Å². The van der Waals surface area contributed by atoms with Crippen molar-refractivity contribution < 1.29 is 9.47 Å². The third-order valence-corrected chi connectivity index (χ3v) is 2.34. The fourth-order valence-electron chi connectivity index (χ4n) is 1.59. The number of para-hydroxylation sites is 1. The van der Waals surface area contributed by atoms with Crippen LogP contribution in [0, 0.1) is 0 Å². The van der Waals surface area contributed by atoms with Gasteiger partial charge in [-0.2, -0.15) is 0 Å². The fraction of sp³-hybridized carbons (Fsp3) is 0.429. The topological polar surface area (TPSA) is 44.5 Å². The van der Waals surface area contributed by atoms with Crippen LogP contribution in [0.4, 0.5) is 0 Å². The number of rotatable bonds is 8. The van der Waals surface area contributed by atoms with Gasteiger partial charge in [0.15, 0.2) is 11.5 Å². The van der Waals surface area contributed by atoms with Crippen LogP contribution < -0.4 is 15.2 Å². The molecule has 0 aromatic heterocycles. The molecule has 3 heteroatoms. The van der Waals surface area contributed by atoms with Gasteiger partial charge in [-0.15, -0.1) is 6.58 Å². The van der Waals surface area contributed by atoms with Crippen molar-refractivity contribution in [1.29, 1.82) is 0 Å². The van der Waals surface area contributed by atoms with Gasteiger partial charge < -0.3 is 15.2 Å². The van der Waals surface area contributed by atoms with Gasteiger partial charge in [0.2, 0.25) is 0 Å². The summed E-state index contributed by atoms with van der Waals surface area (Å²) in [5.41, 5.74) is 6.70. The van der Waals surface area contributed by atoms with Gasteiger partial charge in [-0.1, -0.05) is 18.2 Å². The molecule has 0 aliphatic carbocycles. The van der Waals surface area contributed by atoms with Crippen molar-refractivity contribution in [3.63, 3.8) is 0 Å². The second-order valence-corrected chi connectivity index (χ2v) is 3.64. The minimum Gasteiger partial charge on any atom is -0.490 e. The van der Waals surface area contributed by atoms with Gasteiger partial charge in [0, 0.05) is 0 Å². The number of hydrogen-bond donors (Lipinski definition) is 1. The maximum Gasteiger partial charge on any atom is 0.164 e. The van der Waals surface area contributed by atoms with E-state index in [1.54, 1.807) is 0 Å². The van der Waals surface area contributed by atoms with Crippen LogP contribution in [0.25, 0.3) is 0 Å². The van der Waals surface area contributed by atoms with E-state index in [9.17, 15) is 0 Å². The Morgan fingerprint density at radius 1 is 1.35 bits per heavy atom. The molecule has 0 saturated carbocycles. The second-order valence-electron chi connectivity index (χ2n) is 3.64. The number of ether oxygens (including phenoxy) is 2. The third kappa shape index (κ3) is 4.11. The summed E-state index contributed by atoms with van der Waals surface area (Å²) in [5.74, 6) is 1.61. The predicted molar refractivity (Wildman–Crippen MR) is 70.7 cm³/mol. The Hall–Kier alpha value is -1.48. The van der Waals surface area contributed by atoms with Crippen molar-refractivity contribution in [2.24, 2.45) is 5.73 Å². The molecule has 1 aromatic carbocycles. The fourth-order valence-corrected chi connectivity index (χ4v) is 1.59. The predicted octanol–water partition coefficient (Wildman–Crippen LogP) is 2.54. The van der Waals surface area contributed by atoms with Gasteiger partial charge >= 0.3 is 0 Å². The van der Waals surface area contributed by atoms with E-state index in [0.29, 0.717) is 19.8 Å². The Labute approximate surface area is 103 Å². The molecule has 0 fully saturated rings. The first-order valence-electron chi connectivity index (χ1n) is 6.02. The largest absolute Gasteiger partial charge is 0.490 e. The Morgan fingerprint density at radius 3 is 2.82 bits per heavy atom. The lowest BCUT2D eigenvalue weighted by molar-refractivity contribution is 0.278. The van der Waals surface area contributed by atoms with Crippen molar-refractivity contribution >= 4 is 0 Å². The molecular formula is C14H21NO2. The van der Waals surface area contributed by atoms with Crippen molar-refractivity contribution in [2.45, 2.75) is 19.8 Å². The SMILES string of the molecule is C=CCCOc1c(CCN)cccc1OCC. The number of benzene rings is 1. The molecule has 0 atom stereocenters. The molecule has 0 aliphatic heterocycles. The molecule has 0 aliphatic rings.